The van der Waals surface area contributed by atoms with Crippen LogP contribution in [0.1, 0.15) is 19.5 Å². The quantitative estimate of drug-likeness (QED) is 0.643. The third-order valence-electron chi connectivity index (χ3n) is 3.62. The van der Waals surface area contributed by atoms with Gasteiger partial charge in [-0.1, -0.05) is 23.9 Å². The maximum Gasteiger partial charge on any atom is 0.239 e. The zero-order valence-corrected chi connectivity index (χ0v) is 16.2. The number of thiazole rings is 1. The predicted molar refractivity (Wildman–Crippen MR) is 102 cm³/mol. The van der Waals surface area contributed by atoms with E-state index in [9.17, 15) is 9.18 Å². The first-order valence-corrected chi connectivity index (χ1v) is 9.82. The van der Waals surface area contributed by atoms with Crippen molar-refractivity contribution in [1.82, 2.24) is 19.7 Å². The lowest BCUT2D eigenvalue weighted by atomic mass is 10.2. The summed E-state index contributed by atoms with van der Waals surface area (Å²) in [6.07, 6.45) is 0. The van der Waals surface area contributed by atoms with Crippen LogP contribution in [-0.2, 0) is 11.3 Å². The monoisotopic (exact) mass is 391 g/mol. The number of rotatable bonds is 6. The highest BCUT2D eigenvalue weighted by Gasteiger charge is 2.21. The number of carbonyl (C=O) groups excluding carboxylic acids is 1. The Bertz CT molecular complexity index is 924. The zero-order chi connectivity index (χ0) is 18.7. The van der Waals surface area contributed by atoms with Crippen LogP contribution >= 0.6 is 23.1 Å². The molecule has 0 radical (unpaired) electrons. The predicted octanol–water partition coefficient (Wildman–Crippen LogP) is 3.99. The van der Waals surface area contributed by atoms with Crippen molar-refractivity contribution in [2.45, 2.75) is 37.7 Å². The molecule has 9 heteroatoms. The van der Waals surface area contributed by atoms with E-state index >= 15 is 0 Å². The van der Waals surface area contributed by atoms with E-state index in [0.717, 1.165) is 5.69 Å². The molecule has 1 aromatic carbocycles. The van der Waals surface area contributed by atoms with Gasteiger partial charge in [0.1, 0.15) is 5.82 Å². The minimum atomic E-state index is -0.380. The molecule has 136 valence electrons. The number of benzene rings is 1. The number of nitrogens with zero attached hydrogens (tertiary/aromatic N) is 4. The van der Waals surface area contributed by atoms with Crippen molar-refractivity contribution in [3.8, 4) is 11.4 Å². The molecular formula is C17H18FN5OS2. The van der Waals surface area contributed by atoms with Gasteiger partial charge in [0.25, 0.3) is 0 Å². The van der Waals surface area contributed by atoms with Crippen LogP contribution in [0.3, 0.4) is 0 Å². The fourth-order valence-corrected chi connectivity index (χ4v) is 3.94. The molecule has 2 heterocycles. The van der Waals surface area contributed by atoms with Gasteiger partial charge in [0, 0.05) is 17.5 Å². The van der Waals surface area contributed by atoms with E-state index < -0.39 is 0 Å². The van der Waals surface area contributed by atoms with E-state index in [1.54, 1.807) is 19.1 Å². The first-order valence-electron chi connectivity index (χ1n) is 8.06. The van der Waals surface area contributed by atoms with E-state index in [2.05, 4.69) is 20.5 Å². The van der Waals surface area contributed by atoms with Crippen LogP contribution in [0.5, 0.6) is 0 Å². The number of nitrogens with one attached hydrogen (secondary N) is 1. The van der Waals surface area contributed by atoms with Crippen molar-refractivity contribution in [1.29, 1.82) is 0 Å². The maximum atomic E-state index is 13.5. The largest absolute Gasteiger partial charge is 0.302 e. The minimum Gasteiger partial charge on any atom is -0.302 e. The highest BCUT2D eigenvalue weighted by molar-refractivity contribution is 8.00. The first kappa shape index (κ1) is 18.5. The van der Waals surface area contributed by atoms with E-state index in [4.69, 9.17) is 0 Å². The summed E-state index contributed by atoms with van der Waals surface area (Å²) in [5, 5.41) is 13.9. The fourth-order valence-electron chi connectivity index (χ4n) is 2.33. The summed E-state index contributed by atoms with van der Waals surface area (Å²) in [6.45, 7) is 6.25. The molecule has 0 saturated carbocycles. The average molecular weight is 391 g/mol. The van der Waals surface area contributed by atoms with Crippen LogP contribution in [0.25, 0.3) is 11.4 Å². The normalized spacial score (nSPS) is 12.2. The Labute approximate surface area is 158 Å². The zero-order valence-electron chi connectivity index (χ0n) is 14.6. The Morgan fingerprint density at radius 3 is 2.88 bits per heavy atom. The molecule has 3 rings (SSSR count). The van der Waals surface area contributed by atoms with E-state index in [0.29, 0.717) is 28.2 Å². The number of aromatic nitrogens is 4. The van der Waals surface area contributed by atoms with Gasteiger partial charge >= 0.3 is 0 Å². The van der Waals surface area contributed by atoms with Crippen LogP contribution in [-0.4, -0.2) is 30.9 Å². The van der Waals surface area contributed by atoms with Crippen molar-refractivity contribution in [3.05, 3.63) is 41.2 Å². The summed E-state index contributed by atoms with van der Waals surface area (Å²) >= 11 is 2.70. The Morgan fingerprint density at radius 2 is 2.23 bits per heavy atom. The van der Waals surface area contributed by atoms with Gasteiger partial charge in [-0.15, -0.1) is 21.5 Å². The summed E-state index contributed by atoms with van der Waals surface area (Å²) < 4.78 is 15.4. The molecule has 0 spiro atoms. The van der Waals surface area contributed by atoms with Crippen LogP contribution in [0, 0.1) is 12.7 Å². The van der Waals surface area contributed by atoms with Crippen LogP contribution in [0.4, 0.5) is 9.52 Å². The molecule has 2 aromatic heterocycles. The van der Waals surface area contributed by atoms with Gasteiger partial charge in [0.05, 0.1) is 10.9 Å². The summed E-state index contributed by atoms with van der Waals surface area (Å²) in [5.74, 6) is 0.105. The van der Waals surface area contributed by atoms with Crippen molar-refractivity contribution in [3.63, 3.8) is 0 Å². The Morgan fingerprint density at radius 1 is 1.42 bits per heavy atom. The molecule has 3 aromatic rings. The number of amides is 1. The number of thioether (sulfide) groups is 1. The highest BCUT2D eigenvalue weighted by atomic mass is 32.2. The van der Waals surface area contributed by atoms with E-state index in [-0.39, 0.29) is 17.0 Å². The molecule has 0 bridgehead atoms. The molecule has 0 aliphatic heterocycles. The molecule has 6 nitrogen and oxygen atoms in total. The van der Waals surface area contributed by atoms with Gasteiger partial charge in [0.15, 0.2) is 16.1 Å². The molecule has 0 aliphatic rings. The Hall–Kier alpha value is -2.26. The number of aryl methyl sites for hydroxylation is 1. The molecule has 0 aliphatic carbocycles. The van der Waals surface area contributed by atoms with Gasteiger partial charge in [-0.2, -0.15) is 0 Å². The van der Waals surface area contributed by atoms with Crippen LogP contribution in [0.15, 0.2) is 34.8 Å². The molecule has 1 atom stereocenters. The lowest BCUT2D eigenvalue weighted by Gasteiger charge is -2.11. The van der Waals surface area contributed by atoms with Crippen LogP contribution < -0.4 is 5.32 Å². The molecule has 1 amide bonds. The Kier molecular flexibility index (Phi) is 5.67. The van der Waals surface area contributed by atoms with Crippen molar-refractivity contribution in [2.24, 2.45) is 0 Å². The summed E-state index contributed by atoms with van der Waals surface area (Å²) in [7, 11) is 0. The van der Waals surface area contributed by atoms with Gasteiger partial charge in [-0.05, 0) is 32.9 Å². The molecule has 26 heavy (non-hydrogen) atoms. The number of halogens is 1. The first-order chi connectivity index (χ1) is 12.5. The molecule has 0 saturated heterocycles. The number of anilines is 1. The van der Waals surface area contributed by atoms with Crippen molar-refractivity contribution < 1.29 is 9.18 Å². The lowest BCUT2D eigenvalue weighted by Crippen LogP contribution is -2.22. The number of carbonyl (C=O) groups is 1. The third-order valence-corrected chi connectivity index (χ3v) is 5.57. The van der Waals surface area contributed by atoms with Crippen LogP contribution in [0.2, 0.25) is 0 Å². The number of hydrogen-bond acceptors (Lipinski definition) is 6. The van der Waals surface area contributed by atoms with Gasteiger partial charge < -0.3 is 9.88 Å². The smallest absolute Gasteiger partial charge is 0.239 e. The molecule has 0 fully saturated rings. The highest BCUT2D eigenvalue weighted by Crippen LogP contribution is 2.28. The summed E-state index contributed by atoms with van der Waals surface area (Å²) in [6, 6.07) is 6.23. The lowest BCUT2D eigenvalue weighted by molar-refractivity contribution is -0.115. The van der Waals surface area contributed by atoms with Gasteiger partial charge in [-0.25, -0.2) is 9.37 Å². The Balaban J connectivity index is 1.76. The van der Waals surface area contributed by atoms with Crippen molar-refractivity contribution >= 4 is 34.1 Å². The van der Waals surface area contributed by atoms with E-state index in [1.807, 2.05) is 23.8 Å². The van der Waals surface area contributed by atoms with Gasteiger partial charge in [0.2, 0.25) is 5.91 Å². The SMILES string of the molecule is CCn1c(S[C@H](C)C(=O)Nc2nc(C)cs2)nnc1-c1cccc(F)c1. The topological polar surface area (TPSA) is 72.7 Å². The standard InChI is InChI=1S/C17H18FN5OS2/c1-4-23-14(12-6-5-7-13(18)8-12)21-22-17(23)26-11(3)15(24)20-16-19-10(2)9-25-16/h5-9,11H,4H2,1-3H3,(H,19,20,24)/t11-/m1/s1. The second kappa shape index (κ2) is 7.96. The second-order valence-electron chi connectivity index (χ2n) is 5.60. The third kappa shape index (κ3) is 4.10. The average Bonchev–Trinajstić information content (AvgIpc) is 3.20. The summed E-state index contributed by atoms with van der Waals surface area (Å²) in [4.78, 5) is 16.6. The fraction of sp³-hybridized carbons (Fsp3) is 0.294. The molecular weight excluding hydrogens is 373 g/mol. The molecule has 0 unspecified atom stereocenters. The van der Waals surface area contributed by atoms with Gasteiger partial charge in [-0.3, -0.25) is 4.79 Å². The van der Waals surface area contributed by atoms with E-state index in [1.165, 1.54) is 35.2 Å². The molecule has 1 N–H and O–H groups in total. The maximum absolute atomic E-state index is 13.5. The van der Waals surface area contributed by atoms with Crippen molar-refractivity contribution in [2.75, 3.05) is 5.32 Å². The second-order valence-corrected chi connectivity index (χ2v) is 7.77. The summed E-state index contributed by atoms with van der Waals surface area (Å²) in [5.41, 5.74) is 1.53. The number of hydrogen-bond donors (Lipinski definition) is 1. The minimum absolute atomic E-state index is 0.151.